The molecule has 59 heavy (non-hydrogen) atoms. The van der Waals surface area contributed by atoms with E-state index in [-0.39, 0.29) is 31.1 Å². The lowest BCUT2D eigenvalue weighted by molar-refractivity contribution is -0.167. The Morgan fingerprint density at radius 2 is 0.559 bits per heavy atom. The molecule has 0 N–H and O–H groups in total. The molecule has 0 aliphatic rings. The van der Waals surface area contributed by atoms with E-state index in [1.807, 2.05) is 0 Å². The fourth-order valence-electron chi connectivity index (χ4n) is 8.04. The lowest BCUT2D eigenvalue weighted by Crippen LogP contribution is -2.30. The van der Waals surface area contributed by atoms with E-state index in [2.05, 4.69) is 27.7 Å². The average Bonchev–Trinajstić information content (AvgIpc) is 3.22. The molecule has 0 aliphatic carbocycles. The molecule has 0 fully saturated rings. The van der Waals surface area contributed by atoms with E-state index < -0.39 is 6.10 Å². The van der Waals surface area contributed by atoms with Crippen molar-refractivity contribution in [3.63, 3.8) is 0 Å². The Kier molecular flexibility index (Phi) is 46.2. The minimum atomic E-state index is -0.759. The minimum Gasteiger partial charge on any atom is -0.462 e. The second-order valence-electron chi connectivity index (χ2n) is 18.6. The van der Waals surface area contributed by atoms with Crippen LogP contribution in [-0.2, 0) is 28.6 Å². The van der Waals surface area contributed by atoms with Gasteiger partial charge in [-0.05, 0) is 25.2 Å². The first-order valence-corrected chi connectivity index (χ1v) is 26.4. The van der Waals surface area contributed by atoms with Crippen molar-refractivity contribution in [2.75, 3.05) is 13.2 Å². The molecular weight excluding hydrogens is 733 g/mol. The lowest BCUT2D eigenvalue weighted by atomic mass is 10.0. The maximum absolute atomic E-state index is 12.7. The largest absolute Gasteiger partial charge is 0.462 e. The summed E-state index contributed by atoms with van der Waals surface area (Å²) in [6.07, 6.45) is 49.8. The first-order chi connectivity index (χ1) is 28.9. The molecule has 0 radical (unpaired) electrons. The van der Waals surface area contributed by atoms with Gasteiger partial charge in [0.15, 0.2) is 6.10 Å². The normalized spacial score (nSPS) is 11.9. The standard InChI is InChI=1S/C53H102O6/c1-5-7-9-11-12-13-14-15-16-17-21-24-27-30-33-37-41-45-52(55)58-48-50(47-57-51(54)44-40-35-10-8-6-2)59-53(56)46-42-38-34-31-28-25-22-19-18-20-23-26-29-32-36-39-43-49(3)4/h49-50H,5-48H2,1-4H3/t50-/m0/s1. The van der Waals surface area contributed by atoms with Crippen LogP contribution in [0.15, 0.2) is 0 Å². The molecule has 0 rings (SSSR count). The van der Waals surface area contributed by atoms with Crippen LogP contribution in [-0.4, -0.2) is 37.2 Å². The van der Waals surface area contributed by atoms with Gasteiger partial charge in [0.1, 0.15) is 13.2 Å². The van der Waals surface area contributed by atoms with Gasteiger partial charge in [-0.25, -0.2) is 0 Å². The Hall–Kier alpha value is -1.59. The number of unbranched alkanes of at least 4 members (excludes halogenated alkanes) is 35. The highest BCUT2D eigenvalue weighted by atomic mass is 16.6. The molecule has 0 spiro atoms. The highest BCUT2D eigenvalue weighted by Crippen LogP contribution is 2.17. The van der Waals surface area contributed by atoms with Crippen LogP contribution in [0.2, 0.25) is 0 Å². The molecule has 0 bridgehead atoms. The van der Waals surface area contributed by atoms with Crippen LogP contribution >= 0.6 is 0 Å². The van der Waals surface area contributed by atoms with Crippen molar-refractivity contribution in [2.24, 2.45) is 5.92 Å². The SMILES string of the molecule is CCCCCCCCCCCCCCCCCCCC(=O)OC[C@H](COC(=O)CCCCCCC)OC(=O)CCCCCCCCCCCCCCCCCCC(C)C. The predicted octanol–water partition coefficient (Wildman–Crippen LogP) is 17.1. The Balaban J connectivity index is 4.08. The third kappa shape index (κ3) is 47.3. The van der Waals surface area contributed by atoms with Crippen LogP contribution in [0.25, 0.3) is 0 Å². The summed E-state index contributed by atoms with van der Waals surface area (Å²) in [7, 11) is 0. The maximum atomic E-state index is 12.7. The van der Waals surface area contributed by atoms with Crippen molar-refractivity contribution in [3.05, 3.63) is 0 Å². The Bertz CT molecular complexity index is 887. The average molecular weight is 835 g/mol. The molecular formula is C53H102O6. The molecule has 0 aromatic carbocycles. The zero-order valence-corrected chi connectivity index (χ0v) is 40.2. The molecule has 0 saturated carbocycles. The number of rotatable bonds is 48. The number of ether oxygens (including phenoxy) is 3. The second kappa shape index (κ2) is 47.5. The first kappa shape index (κ1) is 57.4. The number of hydrogen-bond acceptors (Lipinski definition) is 6. The monoisotopic (exact) mass is 835 g/mol. The third-order valence-electron chi connectivity index (χ3n) is 12.0. The lowest BCUT2D eigenvalue weighted by Gasteiger charge is -2.18. The van der Waals surface area contributed by atoms with Crippen LogP contribution in [0.3, 0.4) is 0 Å². The van der Waals surface area contributed by atoms with Gasteiger partial charge in [-0.1, -0.05) is 259 Å². The van der Waals surface area contributed by atoms with Crippen molar-refractivity contribution in [3.8, 4) is 0 Å². The molecule has 0 heterocycles. The fraction of sp³-hybridized carbons (Fsp3) is 0.943. The van der Waals surface area contributed by atoms with Crippen molar-refractivity contribution >= 4 is 17.9 Å². The van der Waals surface area contributed by atoms with Crippen LogP contribution in [0, 0.1) is 5.92 Å². The molecule has 6 heteroatoms. The fourth-order valence-corrected chi connectivity index (χ4v) is 8.04. The van der Waals surface area contributed by atoms with Gasteiger partial charge in [0.25, 0.3) is 0 Å². The summed E-state index contributed by atoms with van der Waals surface area (Å²) in [4.78, 5) is 37.7. The summed E-state index contributed by atoms with van der Waals surface area (Å²) < 4.78 is 16.7. The van der Waals surface area contributed by atoms with Crippen molar-refractivity contribution in [2.45, 2.75) is 303 Å². The summed E-state index contributed by atoms with van der Waals surface area (Å²) in [6, 6.07) is 0. The van der Waals surface area contributed by atoms with Crippen LogP contribution in [0.4, 0.5) is 0 Å². The highest BCUT2D eigenvalue weighted by molar-refractivity contribution is 5.71. The highest BCUT2D eigenvalue weighted by Gasteiger charge is 2.19. The zero-order valence-electron chi connectivity index (χ0n) is 40.2. The number of carbonyl (C=O) groups is 3. The van der Waals surface area contributed by atoms with Gasteiger partial charge < -0.3 is 14.2 Å². The molecule has 350 valence electrons. The maximum Gasteiger partial charge on any atom is 0.306 e. The summed E-state index contributed by atoms with van der Waals surface area (Å²) in [5.74, 6) is -0.00579. The molecule has 0 aliphatic heterocycles. The number of carbonyl (C=O) groups excluding carboxylic acids is 3. The van der Waals surface area contributed by atoms with Gasteiger partial charge in [-0.2, -0.15) is 0 Å². The second-order valence-corrected chi connectivity index (χ2v) is 18.6. The minimum absolute atomic E-state index is 0.0636. The molecule has 6 nitrogen and oxygen atoms in total. The van der Waals surface area contributed by atoms with E-state index in [0.717, 1.165) is 70.1 Å². The molecule has 0 unspecified atom stereocenters. The van der Waals surface area contributed by atoms with Crippen molar-refractivity contribution in [1.82, 2.24) is 0 Å². The van der Waals surface area contributed by atoms with E-state index in [0.29, 0.717) is 19.3 Å². The van der Waals surface area contributed by atoms with E-state index in [4.69, 9.17) is 14.2 Å². The molecule has 0 aromatic rings. The van der Waals surface area contributed by atoms with Gasteiger partial charge in [0, 0.05) is 19.3 Å². The summed E-state index contributed by atoms with van der Waals surface area (Å²) in [5, 5.41) is 0. The van der Waals surface area contributed by atoms with Crippen molar-refractivity contribution in [1.29, 1.82) is 0 Å². The Morgan fingerprint density at radius 1 is 0.322 bits per heavy atom. The van der Waals surface area contributed by atoms with Crippen LogP contribution in [0.5, 0.6) is 0 Å². The van der Waals surface area contributed by atoms with Crippen molar-refractivity contribution < 1.29 is 28.6 Å². The number of hydrogen-bond donors (Lipinski definition) is 0. The summed E-state index contributed by atoms with van der Waals surface area (Å²) in [5.41, 5.74) is 0. The Labute approximate surface area is 368 Å². The first-order valence-electron chi connectivity index (χ1n) is 26.4. The van der Waals surface area contributed by atoms with E-state index in [9.17, 15) is 14.4 Å². The summed E-state index contributed by atoms with van der Waals surface area (Å²) in [6.45, 7) is 8.97. The van der Waals surface area contributed by atoms with E-state index >= 15 is 0 Å². The van der Waals surface area contributed by atoms with E-state index in [1.165, 1.54) is 186 Å². The molecule has 0 saturated heterocycles. The van der Waals surface area contributed by atoms with Crippen LogP contribution < -0.4 is 0 Å². The van der Waals surface area contributed by atoms with Gasteiger partial charge in [-0.15, -0.1) is 0 Å². The zero-order chi connectivity index (χ0) is 43.1. The third-order valence-corrected chi connectivity index (χ3v) is 12.0. The smallest absolute Gasteiger partial charge is 0.306 e. The quantitative estimate of drug-likeness (QED) is 0.0345. The van der Waals surface area contributed by atoms with Gasteiger partial charge >= 0.3 is 17.9 Å². The topological polar surface area (TPSA) is 78.9 Å². The summed E-state index contributed by atoms with van der Waals surface area (Å²) >= 11 is 0. The molecule has 0 aromatic heterocycles. The Morgan fingerprint density at radius 3 is 0.831 bits per heavy atom. The predicted molar refractivity (Wildman–Crippen MR) is 252 cm³/mol. The molecule has 1 atom stereocenters. The number of esters is 3. The van der Waals surface area contributed by atoms with E-state index in [1.54, 1.807) is 0 Å². The molecule has 0 amide bonds. The van der Waals surface area contributed by atoms with Gasteiger partial charge in [0.05, 0.1) is 0 Å². The van der Waals surface area contributed by atoms with Crippen LogP contribution in [0.1, 0.15) is 297 Å². The van der Waals surface area contributed by atoms with Gasteiger partial charge in [-0.3, -0.25) is 14.4 Å². The van der Waals surface area contributed by atoms with Gasteiger partial charge in [0.2, 0.25) is 0 Å².